The Morgan fingerprint density at radius 1 is 1.13 bits per heavy atom. The van der Waals surface area contributed by atoms with E-state index < -0.39 is 17.7 Å². The van der Waals surface area contributed by atoms with Gasteiger partial charge in [0.25, 0.3) is 11.7 Å². The summed E-state index contributed by atoms with van der Waals surface area (Å²) in [5.41, 5.74) is 1.43. The summed E-state index contributed by atoms with van der Waals surface area (Å²) in [5.74, 6) is -1.41. The average molecular weight is 500 g/mol. The van der Waals surface area contributed by atoms with Crippen LogP contribution in [0.5, 0.6) is 5.75 Å². The minimum Gasteiger partial charge on any atom is -0.507 e. The van der Waals surface area contributed by atoms with E-state index in [4.69, 9.17) is 16.3 Å². The molecular weight excluding hydrogens is 484 g/mol. The van der Waals surface area contributed by atoms with Crippen molar-refractivity contribution in [2.75, 3.05) is 12.0 Å². The van der Waals surface area contributed by atoms with E-state index in [-0.39, 0.29) is 16.4 Å². The Morgan fingerprint density at radius 2 is 1.87 bits per heavy atom. The highest BCUT2D eigenvalue weighted by molar-refractivity contribution is 9.10. The number of anilines is 1. The number of Topliss-reactive ketones (excluding diaryl/α,β-unsaturated/α-hetero) is 1. The Balaban J connectivity index is 1.93. The van der Waals surface area contributed by atoms with Crippen LogP contribution in [0.2, 0.25) is 5.02 Å². The number of ketones is 1. The fraction of sp³-hybridized carbons (Fsp3) is 0.0870. The number of hydrogen-bond donors (Lipinski definition) is 1. The fourth-order valence-electron chi connectivity index (χ4n) is 3.56. The Labute approximate surface area is 191 Å². The first kappa shape index (κ1) is 21.1. The van der Waals surface area contributed by atoms with Crippen molar-refractivity contribution in [1.29, 1.82) is 0 Å². The summed E-state index contributed by atoms with van der Waals surface area (Å²) in [6.45, 7) is 0. The van der Waals surface area contributed by atoms with Gasteiger partial charge in [-0.3, -0.25) is 19.5 Å². The van der Waals surface area contributed by atoms with Crippen molar-refractivity contribution in [3.05, 3.63) is 93.2 Å². The molecule has 0 aliphatic carbocycles. The molecule has 31 heavy (non-hydrogen) atoms. The van der Waals surface area contributed by atoms with Crippen LogP contribution in [0.4, 0.5) is 5.69 Å². The van der Waals surface area contributed by atoms with Crippen LogP contribution in [0.25, 0.3) is 5.76 Å². The zero-order valence-electron chi connectivity index (χ0n) is 16.3. The van der Waals surface area contributed by atoms with Gasteiger partial charge in [0.05, 0.1) is 23.7 Å². The van der Waals surface area contributed by atoms with E-state index in [0.717, 1.165) is 4.47 Å². The maximum absolute atomic E-state index is 13.1. The minimum atomic E-state index is -0.835. The predicted octanol–water partition coefficient (Wildman–Crippen LogP) is 5.13. The normalized spacial score (nSPS) is 17.8. The van der Waals surface area contributed by atoms with Crippen LogP contribution >= 0.6 is 27.5 Å². The molecule has 0 saturated carbocycles. The van der Waals surface area contributed by atoms with Crippen molar-refractivity contribution < 1.29 is 19.4 Å². The summed E-state index contributed by atoms with van der Waals surface area (Å²) in [6, 6.07) is 14.3. The Kier molecular flexibility index (Phi) is 5.80. The number of halogens is 2. The molecule has 3 aromatic rings. The number of benzene rings is 2. The molecule has 1 fully saturated rings. The zero-order valence-corrected chi connectivity index (χ0v) is 18.6. The molecule has 8 heteroatoms. The molecular formula is C23H16BrClN2O4. The summed E-state index contributed by atoms with van der Waals surface area (Å²) in [5, 5.41) is 11.4. The third-order valence-electron chi connectivity index (χ3n) is 4.98. The zero-order chi connectivity index (χ0) is 22.1. The highest BCUT2D eigenvalue weighted by Crippen LogP contribution is 2.43. The molecule has 1 unspecified atom stereocenters. The molecule has 1 amide bonds. The fourth-order valence-corrected chi connectivity index (χ4v) is 4.20. The van der Waals surface area contributed by atoms with E-state index in [2.05, 4.69) is 20.9 Å². The van der Waals surface area contributed by atoms with Crippen LogP contribution in [0.1, 0.15) is 17.2 Å². The molecule has 1 saturated heterocycles. The third kappa shape index (κ3) is 3.82. The Bertz CT molecular complexity index is 1210. The third-order valence-corrected chi connectivity index (χ3v) is 5.77. The van der Waals surface area contributed by atoms with Crippen molar-refractivity contribution in [3.63, 3.8) is 0 Å². The molecule has 0 spiro atoms. The number of aliphatic hydroxyl groups excluding tert-OH is 1. The second-order valence-corrected chi connectivity index (χ2v) is 8.10. The molecule has 1 N–H and O–H groups in total. The topological polar surface area (TPSA) is 79.7 Å². The SMILES string of the molecule is COc1ccc(/C(O)=C2\C(=O)C(=O)N(c3cccc(Br)c3)C2c2ccncc2)cc1Cl. The van der Waals surface area contributed by atoms with Crippen LogP contribution in [0.15, 0.2) is 77.0 Å². The van der Waals surface area contributed by atoms with E-state index in [1.807, 2.05) is 6.07 Å². The van der Waals surface area contributed by atoms with Crippen molar-refractivity contribution in [2.45, 2.75) is 6.04 Å². The number of amides is 1. The molecule has 0 radical (unpaired) electrons. The number of ether oxygens (including phenoxy) is 1. The highest BCUT2D eigenvalue weighted by Gasteiger charge is 2.47. The van der Waals surface area contributed by atoms with Crippen molar-refractivity contribution in [1.82, 2.24) is 4.98 Å². The highest BCUT2D eigenvalue weighted by atomic mass is 79.9. The van der Waals surface area contributed by atoms with E-state index in [9.17, 15) is 14.7 Å². The number of pyridine rings is 1. The van der Waals surface area contributed by atoms with Crippen LogP contribution in [-0.4, -0.2) is 28.9 Å². The number of carbonyl (C=O) groups is 2. The monoisotopic (exact) mass is 498 g/mol. The number of rotatable bonds is 4. The van der Waals surface area contributed by atoms with Gasteiger partial charge in [-0.15, -0.1) is 0 Å². The van der Waals surface area contributed by atoms with Crippen molar-refractivity contribution in [2.24, 2.45) is 0 Å². The maximum atomic E-state index is 13.1. The molecule has 1 atom stereocenters. The van der Waals surface area contributed by atoms with Gasteiger partial charge in [-0.25, -0.2) is 0 Å². The minimum absolute atomic E-state index is 0.0302. The second-order valence-electron chi connectivity index (χ2n) is 6.78. The molecule has 6 nitrogen and oxygen atoms in total. The predicted molar refractivity (Wildman–Crippen MR) is 121 cm³/mol. The van der Waals surface area contributed by atoms with Gasteiger partial charge in [-0.05, 0) is 54.1 Å². The summed E-state index contributed by atoms with van der Waals surface area (Å²) in [6.07, 6.45) is 3.14. The molecule has 2 heterocycles. The van der Waals surface area contributed by atoms with E-state index in [1.54, 1.807) is 54.9 Å². The van der Waals surface area contributed by atoms with Gasteiger partial charge in [0.15, 0.2) is 0 Å². The quantitative estimate of drug-likeness (QED) is 0.306. The lowest BCUT2D eigenvalue weighted by Crippen LogP contribution is -2.29. The lowest BCUT2D eigenvalue weighted by molar-refractivity contribution is -0.132. The lowest BCUT2D eigenvalue weighted by Gasteiger charge is -2.25. The molecule has 1 aliphatic heterocycles. The van der Waals surface area contributed by atoms with Gasteiger partial charge in [0.1, 0.15) is 11.5 Å². The van der Waals surface area contributed by atoms with Crippen LogP contribution in [-0.2, 0) is 9.59 Å². The van der Waals surface area contributed by atoms with Crippen LogP contribution in [0.3, 0.4) is 0 Å². The number of methoxy groups -OCH3 is 1. The average Bonchev–Trinajstić information content (AvgIpc) is 3.04. The molecule has 0 bridgehead atoms. The number of hydrogen-bond acceptors (Lipinski definition) is 5. The van der Waals surface area contributed by atoms with Crippen molar-refractivity contribution >= 4 is 50.7 Å². The Morgan fingerprint density at radius 3 is 2.52 bits per heavy atom. The smallest absolute Gasteiger partial charge is 0.300 e. The van der Waals surface area contributed by atoms with E-state index >= 15 is 0 Å². The van der Waals surface area contributed by atoms with Gasteiger partial charge in [-0.2, -0.15) is 0 Å². The van der Waals surface area contributed by atoms with Crippen LogP contribution < -0.4 is 9.64 Å². The lowest BCUT2D eigenvalue weighted by atomic mass is 9.95. The maximum Gasteiger partial charge on any atom is 0.300 e. The molecule has 4 rings (SSSR count). The molecule has 2 aromatic carbocycles. The number of aliphatic hydroxyl groups is 1. The van der Waals surface area contributed by atoms with Gasteiger partial charge in [0, 0.05) is 28.1 Å². The Hall–Kier alpha value is -3.16. The van der Waals surface area contributed by atoms with Crippen LogP contribution in [0, 0.1) is 0 Å². The van der Waals surface area contributed by atoms with E-state index in [1.165, 1.54) is 18.1 Å². The molecule has 1 aliphatic rings. The summed E-state index contributed by atoms with van der Waals surface area (Å²) in [4.78, 5) is 31.5. The first-order chi connectivity index (χ1) is 14.9. The number of aromatic nitrogens is 1. The second kappa shape index (κ2) is 8.53. The van der Waals surface area contributed by atoms with Gasteiger partial charge >= 0.3 is 0 Å². The van der Waals surface area contributed by atoms with E-state index in [0.29, 0.717) is 22.6 Å². The largest absolute Gasteiger partial charge is 0.507 e. The standard InChI is InChI=1S/C23H16BrClN2O4/c1-31-18-6-5-14(11-17(18)25)21(28)19-20(13-7-9-26-10-8-13)27(23(30)22(19)29)16-4-2-3-15(24)12-16/h2-12,20,28H,1H3/b21-19+. The summed E-state index contributed by atoms with van der Waals surface area (Å²) >= 11 is 9.61. The number of carbonyl (C=O) groups excluding carboxylic acids is 2. The summed E-state index contributed by atoms with van der Waals surface area (Å²) in [7, 11) is 1.48. The van der Waals surface area contributed by atoms with Gasteiger partial charge < -0.3 is 9.84 Å². The first-order valence-corrected chi connectivity index (χ1v) is 10.4. The molecule has 1 aromatic heterocycles. The van der Waals surface area contributed by atoms with Gasteiger partial charge in [-0.1, -0.05) is 33.6 Å². The summed E-state index contributed by atoms with van der Waals surface area (Å²) < 4.78 is 5.90. The van der Waals surface area contributed by atoms with Gasteiger partial charge in [0.2, 0.25) is 0 Å². The first-order valence-electron chi connectivity index (χ1n) is 9.22. The number of nitrogens with zero attached hydrogens (tertiary/aromatic N) is 2. The molecule has 156 valence electrons. The van der Waals surface area contributed by atoms with Crippen molar-refractivity contribution in [3.8, 4) is 5.75 Å².